The van der Waals surface area contributed by atoms with Gasteiger partial charge >= 0.3 is 0 Å². The van der Waals surface area contributed by atoms with Crippen LogP contribution in [0.3, 0.4) is 0 Å². The number of amides is 1. The van der Waals surface area contributed by atoms with Crippen molar-refractivity contribution in [1.29, 1.82) is 0 Å². The quantitative estimate of drug-likeness (QED) is 0.325. The van der Waals surface area contributed by atoms with Crippen LogP contribution in [0.25, 0.3) is 0 Å². The number of nitrogens with one attached hydrogen (secondary N) is 1. The maximum Gasteiger partial charge on any atom is 0.280 e. The maximum absolute atomic E-state index is 11.8. The van der Waals surface area contributed by atoms with E-state index in [1.165, 1.54) is 18.2 Å². The Morgan fingerprint density at radius 3 is 2.83 bits per heavy atom. The monoisotopic (exact) mass is 337 g/mol. The van der Waals surface area contributed by atoms with Crippen LogP contribution in [0, 0.1) is 10.1 Å². The van der Waals surface area contributed by atoms with E-state index in [1.54, 1.807) is 0 Å². The van der Waals surface area contributed by atoms with Gasteiger partial charge in [0.25, 0.3) is 5.69 Å². The molecule has 1 aromatic carbocycles. The molecule has 1 aliphatic rings. The molecule has 2 rings (SSSR count). The van der Waals surface area contributed by atoms with Crippen LogP contribution in [-0.2, 0) is 9.53 Å². The molecule has 9 nitrogen and oxygen atoms in total. The zero-order valence-electron chi connectivity index (χ0n) is 13.1. The van der Waals surface area contributed by atoms with Crippen molar-refractivity contribution in [3.8, 4) is 5.75 Å². The van der Waals surface area contributed by atoms with Crippen LogP contribution in [0.2, 0.25) is 0 Å². The van der Waals surface area contributed by atoms with Gasteiger partial charge in [0.05, 0.1) is 30.3 Å². The lowest BCUT2D eigenvalue weighted by molar-refractivity contribution is -0.385. The molecule has 0 unspecified atom stereocenters. The number of benzene rings is 1. The average molecular weight is 337 g/mol. The highest BCUT2D eigenvalue weighted by molar-refractivity contribution is 5.82. The number of nitrogens with zero attached hydrogens (tertiary/aromatic N) is 2. The summed E-state index contributed by atoms with van der Waals surface area (Å²) in [7, 11) is 0. The summed E-state index contributed by atoms with van der Waals surface area (Å²) in [5.41, 5.74) is 2.49. The molecule has 0 aliphatic carbocycles. The van der Waals surface area contributed by atoms with E-state index >= 15 is 0 Å². The lowest BCUT2D eigenvalue weighted by atomic mass is 10.2. The minimum Gasteiger partial charge on any atom is -0.494 e. The number of hydrazine groups is 1. The van der Waals surface area contributed by atoms with Gasteiger partial charge in [0.1, 0.15) is 5.75 Å². The van der Waals surface area contributed by atoms with Crippen molar-refractivity contribution >= 4 is 17.9 Å². The lowest BCUT2D eigenvalue weighted by Crippen LogP contribution is -2.48. The van der Waals surface area contributed by atoms with E-state index in [2.05, 4.69) is 5.43 Å². The normalized spacial score (nSPS) is 14.8. The van der Waals surface area contributed by atoms with Gasteiger partial charge in [-0.2, -0.15) is 0 Å². The second-order valence-electron chi connectivity index (χ2n) is 5.18. The smallest absolute Gasteiger partial charge is 0.280 e. The predicted molar refractivity (Wildman–Crippen MR) is 83.7 cm³/mol. The second kappa shape index (κ2) is 8.94. The van der Waals surface area contributed by atoms with Crippen molar-refractivity contribution in [3.63, 3.8) is 0 Å². The molecule has 0 aromatic heterocycles. The molecule has 9 heteroatoms. The predicted octanol–water partition coefficient (Wildman–Crippen LogP) is 0.930. The van der Waals surface area contributed by atoms with Gasteiger partial charge in [-0.3, -0.25) is 25.1 Å². The molecule has 1 heterocycles. The van der Waals surface area contributed by atoms with Crippen molar-refractivity contribution in [2.45, 2.75) is 12.8 Å². The highest BCUT2D eigenvalue weighted by atomic mass is 16.6. The van der Waals surface area contributed by atoms with Gasteiger partial charge in [0.15, 0.2) is 6.29 Å². The summed E-state index contributed by atoms with van der Waals surface area (Å²) < 4.78 is 10.6. The van der Waals surface area contributed by atoms with E-state index in [1.807, 2.05) is 5.01 Å². The first kappa shape index (κ1) is 17.8. The summed E-state index contributed by atoms with van der Waals surface area (Å²) in [6.07, 6.45) is 1.20. The fourth-order valence-corrected chi connectivity index (χ4v) is 2.21. The van der Waals surface area contributed by atoms with E-state index in [0.717, 1.165) is 0 Å². The highest BCUT2D eigenvalue weighted by Crippen LogP contribution is 2.22. The molecule has 1 amide bonds. The van der Waals surface area contributed by atoms with E-state index in [4.69, 9.17) is 9.47 Å². The topological polar surface area (TPSA) is 111 Å². The second-order valence-corrected chi connectivity index (χ2v) is 5.18. The Kier molecular flexibility index (Phi) is 6.64. The largest absolute Gasteiger partial charge is 0.494 e. The Labute approximate surface area is 138 Å². The first-order chi connectivity index (χ1) is 11.6. The van der Waals surface area contributed by atoms with Crippen molar-refractivity contribution in [2.24, 2.45) is 0 Å². The fourth-order valence-electron chi connectivity index (χ4n) is 2.21. The SMILES string of the molecule is O=Cc1cc(OCCCC(=O)NN2CCOCC2)ccc1[N+](=O)[O-]. The van der Waals surface area contributed by atoms with Gasteiger partial charge in [0.2, 0.25) is 5.91 Å². The Hall–Kier alpha value is -2.52. The van der Waals surface area contributed by atoms with E-state index in [0.29, 0.717) is 51.2 Å². The number of carbonyl (C=O) groups is 2. The Balaban J connectivity index is 1.72. The molecule has 24 heavy (non-hydrogen) atoms. The minimum atomic E-state index is -0.622. The minimum absolute atomic E-state index is 0.0393. The molecule has 0 saturated carbocycles. The van der Waals surface area contributed by atoms with Crippen molar-refractivity contribution in [3.05, 3.63) is 33.9 Å². The van der Waals surface area contributed by atoms with Crippen LogP contribution >= 0.6 is 0 Å². The molecule has 1 N–H and O–H groups in total. The van der Waals surface area contributed by atoms with Gasteiger partial charge in [-0.25, -0.2) is 5.01 Å². The number of aldehydes is 1. The number of nitro groups is 1. The van der Waals surface area contributed by atoms with Crippen LogP contribution < -0.4 is 10.2 Å². The third-order valence-electron chi connectivity index (χ3n) is 3.43. The van der Waals surface area contributed by atoms with Gasteiger partial charge in [0, 0.05) is 25.6 Å². The maximum atomic E-state index is 11.8. The summed E-state index contributed by atoms with van der Waals surface area (Å²) in [4.78, 5) is 32.8. The van der Waals surface area contributed by atoms with E-state index in [9.17, 15) is 19.7 Å². The Morgan fingerprint density at radius 1 is 1.42 bits per heavy atom. The third kappa shape index (κ3) is 5.28. The fraction of sp³-hybridized carbons (Fsp3) is 0.467. The standard InChI is InChI=1S/C15H19N3O6/c19-11-12-10-13(3-4-14(12)18(21)22)24-7-1-2-15(20)16-17-5-8-23-9-6-17/h3-4,10-11H,1-2,5-9H2,(H,16,20). The average Bonchev–Trinajstić information content (AvgIpc) is 2.59. The van der Waals surface area contributed by atoms with Crippen molar-refractivity contribution in [1.82, 2.24) is 10.4 Å². The highest BCUT2D eigenvalue weighted by Gasteiger charge is 2.14. The molecule has 1 aromatic rings. The first-order valence-corrected chi connectivity index (χ1v) is 7.59. The summed E-state index contributed by atoms with van der Waals surface area (Å²) >= 11 is 0. The molecule has 0 spiro atoms. The molecular formula is C15H19N3O6. The van der Waals surface area contributed by atoms with E-state index < -0.39 is 4.92 Å². The summed E-state index contributed by atoms with van der Waals surface area (Å²) in [6.45, 7) is 2.80. The van der Waals surface area contributed by atoms with Crippen LogP contribution in [0.4, 0.5) is 5.69 Å². The van der Waals surface area contributed by atoms with Gasteiger partial charge in [-0.05, 0) is 18.6 Å². The zero-order valence-corrected chi connectivity index (χ0v) is 13.1. The van der Waals surface area contributed by atoms with E-state index in [-0.39, 0.29) is 23.8 Å². The summed E-state index contributed by atoms with van der Waals surface area (Å²) in [5.74, 6) is 0.258. The number of hydrogen-bond acceptors (Lipinski definition) is 7. The molecule has 0 radical (unpaired) electrons. The molecule has 130 valence electrons. The molecule has 1 fully saturated rings. The lowest BCUT2D eigenvalue weighted by Gasteiger charge is -2.26. The van der Waals surface area contributed by atoms with Crippen molar-refractivity contribution < 1.29 is 24.0 Å². The number of rotatable bonds is 8. The third-order valence-corrected chi connectivity index (χ3v) is 3.43. The van der Waals surface area contributed by atoms with Crippen LogP contribution in [0.5, 0.6) is 5.75 Å². The van der Waals surface area contributed by atoms with Gasteiger partial charge < -0.3 is 9.47 Å². The first-order valence-electron chi connectivity index (χ1n) is 7.59. The van der Waals surface area contributed by atoms with Gasteiger partial charge in [-0.1, -0.05) is 0 Å². The van der Waals surface area contributed by atoms with Gasteiger partial charge in [-0.15, -0.1) is 0 Å². The Morgan fingerprint density at radius 2 is 2.17 bits per heavy atom. The van der Waals surface area contributed by atoms with Crippen molar-refractivity contribution in [2.75, 3.05) is 32.9 Å². The molecule has 0 atom stereocenters. The number of carbonyl (C=O) groups excluding carboxylic acids is 2. The molecular weight excluding hydrogens is 318 g/mol. The van der Waals surface area contributed by atoms with Crippen LogP contribution in [0.1, 0.15) is 23.2 Å². The van der Waals surface area contributed by atoms with Crippen LogP contribution in [0.15, 0.2) is 18.2 Å². The number of morpholine rings is 1. The molecule has 1 aliphatic heterocycles. The molecule has 1 saturated heterocycles. The summed E-state index contributed by atoms with van der Waals surface area (Å²) in [5, 5.41) is 12.6. The Bertz CT molecular complexity index is 601. The molecule has 0 bridgehead atoms. The summed E-state index contributed by atoms with van der Waals surface area (Å²) in [6, 6.07) is 3.97. The number of ether oxygens (including phenoxy) is 2. The van der Waals surface area contributed by atoms with Crippen LogP contribution in [-0.4, -0.2) is 55.0 Å². The zero-order chi connectivity index (χ0) is 17.4. The number of hydrogen-bond donors (Lipinski definition) is 1. The number of nitro benzene ring substituents is 1.